The number of hydrogen-bond acceptors (Lipinski definition) is 5. The van der Waals surface area contributed by atoms with E-state index in [0.717, 1.165) is 0 Å². The molecule has 1 aromatic carbocycles. The zero-order valence-corrected chi connectivity index (χ0v) is 11.6. The number of ether oxygens (including phenoxy) is 1. The van der Waals surface area contributed by atoms with Crippen LogP contribution in [0.5, 0.6) is 0 Å². The number of anilines is 2. The fourth-order valence-corrected chi connectivity index (χ4v) is 2.43. The van der Waals surface area contributed by atoms with Crippen molar-refractivity contribution in [2.75, 3.05) is 12.4 Å². The fourth-order valence-electron chi connectivity index (χ4n) is 1.25. The van der Waals surface area contributed by atoms with Crippen LogP contribution in [0.1, 0.15) is 10.5 Å². The number of halogens is 2. The first-order chi connectivity index (χ1) is 8.61. The highest BCUT2D eigenvalue weighted by molar-refractivity contribution is 7.14. The summed E-state index contributed by atoms with van der Waals surface area (Å²) in [6.07, 6.45) is 0. The van der Waals surface area contributed by atoms with Crippen LogP contribution in [0.15, 0.2) is 23.6 Å². The number of para-hydroxylation sites is 1. The van der Waals surface area contributed by atoms with Crippen molar-refractivity contribution < 1.29 is 9.53 Å². The Balaban J connectivity index is 2.24. The van der Waals surface area contributed by atoms with Crippen LogP contribution in [-0.2, 0) is 4.74 Å². The SMILES string of the molecule is COC(=O)c1csc(Nc2c(Cl)cccc2Cl)n1. The molecule has 0 aliphatic heterocycles. The standard InChI is InChI=1S/C11H8Cl2N2O2S/c1-17-10(16)8-5-18-11(14-8)15-9-6(12)3-2-4-7(9)13/h2-5H,1H3,(H,14,15). The molecule has 0 atom stereocenters. The molecule has 4 nitrogen and oxygen atoms in total. The quantitative estimate of drug-likeness (QED) is 0.871. The van der Waals surface area contributed by atoms with Crippen molar-refractivity contribution >= 4 is 51.3 Å². The number of carbonyl (C=O) groups is 1. The maximum Gasteiger partial charge on any atom is 0.357 e. The Morgan fingerprint density at radius 2 is 2.06 bits per heavy atom. The van der Waals surface area contributed by atoms with Crippen molar-refractivity contribution in [1.29, 1.82) is 0 Å². The number of carbonyl (C=O) groups excluding carboxylic acids is 1. The molecule has 1 aromatic heterocycles. The lowest BCUT2D eigenvalue weighted by atomic mass is 10.3. The molecule has 0 amide bonds. The summed E-state index contributed by atoms with van der Waals surface area (Å²) in [5.74, 6) is -0.482. The van der Waals surface area contributed by atoms with Gasteiger partial charge in [-0.05, 0) is 12.1 Å². The molecule has 7 heteroatoms. The Labute approximate surface area is 118 Å². The number of rotatable bonds is 3. The average Bonchev–Trinajstić information content (AvgIpc) is 2.81. The van der Waals surface area contributed by atoms with Crippen LogP contribution in [0.3, 0.4) is 0 Å². The normalized spacial score (nSPS) is 10.2. The predicted octanol–water partition coefficient (Wildman–Crippen LogP) is 3.98. The molecule has 0 spiro atoms. The zero-order chi connectivity index (χ0) is 13.1. The summed E-state index contributed by atoms with van der Waals surface area (Å²) in [7, 11) is 1.31. The number of methoxy groups -OCH3 is 1. The second kappa shape index (κ2) is 5.56. The summed E-state index contributed by atoms with van der Waals surface area (Å²) in [5, 5.41) is 6.06. The maximum atomic E-state index is 11.3. The molecule has 2 rings (SSSR count). The molecule has 0 saturated heterocycles. The van der Waals surface area contributed by atoms with E-state index in [1.54, 1.807) is 23.6 Å². The van der Waals surface area contributed by atoms with Gasteiger partial charge in [0.05, 0.1) is 22.8 Å². The van der Waals surface area contributed by atoms with Crippen LogP contribution >= 0.6 is 34.5 Å². The lowest BCUT2D eigenvalue weighted by Crippen LogP contribution is -2.01. The molecule has 0 radical (unpaired) electrons. The predicted molar refractivity (Wildman–Crippen MR) is 73.2 cm³/mol. The Hall–Kier alpha value is -1.30. The second-order valence-electron chi connectivity index (χ2n) is 3.25. The minimum Gasteiger partial charge on any atom is -0.464 e. The number of nitrogens with zero attached hydrogens (tertiary/aromatic N) is 1. The molecule has 18 heavy (non-hydrogen) atoms. The van der Waals surface area contributed by atoms with Crippen molar-refractivity contribution in [1.82, 2.24) is 4.98 Å². The minimum absolute atomic E-state index is 0.244. The molecule has 1 heterocycles. The third-order valence-corrected chi connectivity index (χ3v) is 3.48. The van der Waals surface area contributed by atoms with Gasteiger partial charge in [-0.2, -0.15) is 0 Å². The molecular weight excluding hydrogens is 295 g/mol. The van der Waals surface area contributed by atoms with E-state index in [4.69, 9.17) is 23.2 Å². The largest absolute Gasteiger partial charge is 0.464 e. The topological polar surface area (TPSA) is 51.2 Å². The maximum absolute atomic E-state index is 11.3. The zero-order valence-electron chi connectivity index (χ0n) is 9.24. The van der Waals surface area contributed by atoms with Crippen LogP contribution in [0.25, 0.3) is 0 Å². The van der Waals surface area contributed by atoms with Crippen LogP contribution in [0.2, 0.25) is 10.0 Å². The highest BCUT2D eigenvalue weighted by Gasteiger charge is 2.12. The van der Waals surface area contributed by atoms with E-state index in [1.165, 1.54) is 18.4 Å². The molecule has 94 valence electrons. The number of hydrogen-bond donors (Lipinski definition) is 1. The van der Waals surface area contributed by atoms with Gasteiger partial charge in [-0.25, -0.2) is 9.78 Å². The van der Waals surface area contributed by atoms with Crippen molar-refractivity contribution in [3.05, 3.63) is 39.3 Å². The van der Waals surface area contributed by atoms with Crippen molar-refractivity contribution in [2.24, 2.45) is 0 Å². The van der Waals surface area contributed by atoms with Gasteiger partial charge in [0, 0.05) is 5.38 Å². The Morgan fingerprint density at radius 3 is 2.67 bits per heavy atom. The molecular formula is C11H8Cl2N2O2S. The Morgan fingerprint density at radius 1 is 1.39 bits per heavy atom. The summed E-state index contributed by atoms with van der Waals surface area (Å²) in [5.41, 5.74) is 0.805. The van der Waals surface area contributed by atoms with Gasteiger partial charge in [-0.15, -0.1) is 11.3 Å². The molecule has 0 aliphatic rings. The number of nitrogens with one attached hydrogen (secondary N) is 1. The summed E-state index contributed by atoms with van der Waals surface area (Å²) in [6, 6.07) is 5.17. The van der Waals surface area contributed by atoms with Crippen molar-refractivity contribution in [2.45, 2.75) is 0 Å². The smallest absolute Gasteiger partial charge is 0.357 e. The number of esters is 1. The molecule has 0 saturated carbocycles. The van der Waals surface area contributed by atoms with E-state index >= 15 is 0 Å². The first-order valence-corrected chi connectivity index (χ1v) is 6.50. The monoisotopic (exact) mass is 302 g/mol. The number of aromatic nitrogens is 1. The summed E-state index contributed by atoms with van der Waals surface area (Å²) in [4.78, 5) is 15.3. The lowest BCUT2D eigenvalue weighted by molar-refractivity contribution is 0.0595. The van der Waals surface area contributed by atoms with Gasteiger partial charge in [0.25, 0.3) is 0 Å². The van der Waals surface area contributed by atoms with Crippen molar-refractivity contribution in [3.63, 3.8) is 0 Å². The Kier molecular flexibility index (Phi) is 4.06. The molecule has 0 fully saturated rings. The number of thiazole rings is 1. The molecule has 1 N–H and O–H groups in total. The number of benzene rings is 1. The summed E-state index contributed by atoms with van der Waals surface area (Å²) < 4.78 is 4.57. The van der Waals surface area contributed by atoms with E-state index in [0.29, 0.717) is 20.9 Å². The molecule has 0 unspecified atom stereocenters. The summed E-state index contributed by atoms with van der Waals surface area (Å²) >= 11 is 13.3. The summed E-state index contributed by atoms with van der Waals surface area (Å²) in [6.45, 7) is 0. The molecule has 0 bridgehead atoms. The molecule has 0 aliphatic carbocycles. The van der Waals surface area contributed by atoms with E-state index in [1.807, 2.05) is 0 Å². The lowest BCUT2D eigenvalue weighted by Gasteiger charge is -2.06. The third kappa shape index (κ3) is 2.75. The van der Waals surface area contributed by atoms with Gasteiger partial charge >= 0.3 is 5.97 Å². The van der Waals surface area contributed by atoms with Gasteiger partial charge in [0.15, 0.2) is 10.8 Å². The third-order valence-electron chi connectivity index (χ3n) is 2.09. The van der Waals surface area contributed by atoms with Gasteiger partial charge < -0.3 is 10.1 Å². The van der Waals surface area contributed by atoms with E-state index < -0.39 is 5.97 Å². The van der Waals surface area contributed by atoms with E-state index in [-0.39, 0.29) is 5.69 Å². The van der Waals surface area contributed by atoms with E-state index in [9.17, 15) is 4.79 Å². The van der Waals surface area contributed by atoms with E-state index in [2.05, 4.69) is 15.0 Å². The highest BCUT2D eigenvalue weighted by Crippen LogP contribution is 2.33. The Bertz CT molecular complexity index is 566. The van der Waals surface area contributed by atoms with Gasteiger partial charge in [-0.1, -0.05) is 29.3 Å². The van der Waals surface area contributed by atoms with Gasteiger partial charge in [0.1, 0.15) is 0 Å². The van der Waals surface area contributed by atoms with Crippen molar-refractivity contribution in [3.8, 4) is 0 Å². The minimum atomic E-state index is -0.482. The van der Waals surface area contributed by atoms with Crippen LogP contribution in [-0.4, -0.2) is 18.1 Å². The molecule has 2 aromatic rings. The van der Waals surface area contributed by atoms with Crippen LogP contribution < -0.4 is 5.32 Å². The van der Waals surface area contributed by atoms with Crippen LogP contribution in [0, 0.1) is 0 Å². The first-order valence-electron chi connectivity index (χ1n) is 4.86. The fraction of sp³-hybridized carbons (Fsp3) is 0.0909. The second-order valence-corrected chi connectivity index (χ2v) is 4.92. The highest BCUT2D eigenvalue weighted by atomic mass is 35.5. The van der Waals surface area contributed by atoms with Gasteiger partial charge in [0.2, 0.25) is 0 Å². The average molecular weight is 303 g/mol. The van der Waals surface area contributed by atoms with Crippen LogP contribution in [0.4, 0.5) is 10.8 Å². The first kappa shape index (κ1) is 13.1. The van der Waals surface area contributed by atoms with Gasteiger partial charge in [-0.3, -0.25) is 0 Å².